The van der Waals surface area contributed by atoms with Gasteiger partial charge in [-0.3, -0.25) is 4.79 Å². The van der Waals surface area contributed by atoms with Crippen molar-refractivity contribution in [1.29, 1.82) is 0 Å². The minimum atomic E-state index is -0.200. The Morgan fingerprint density at radius 2 is 1.88 bits per heavy atom. The molecule has 0 radical (unpaired) electrons. The molecule has 0 aromatic heterocycles. The van der Waals surface area contributed by atoms with E-state index in [1.807, 2.05) is 62.4 Å². The van der Waals surface area contributed by atoms with E-state index < -0.39 is 0 Å². The first-order valence-electron chi connectivity index (χ1n) is 7.98. The van der Waals surface area contributed by atoms with Gasteiger partial charge in [0.05, 0.1) is 17.1 Å². The Morgan fingerprint density at radius 1 is 1.12 bits per heavy atom. The van der Waals surface area contributed by atoms with E-state index >= 15 is 0 Å². The van der Waals surface area contributed by atoms with Gasteiger partial charge in [-0.05, 0) is 56.7 Å². The molecule has 2 aromatic carbocycles. The van der Waals surface area contributed by atoms with Crippen molar-refractivity contribution in [2.75, 3.05) is 16.9 Å². The Kier molecular flexibility index (Phi) is 4.42. The smallest absolute Gasteiger partial charge is 0.299 e. The van der Waals surface area contributed by atoms with Crippen LogP contribution in [0.15, 0.2) is 58.6 Å². The molecule has 0 spiro atoms. The van der Waals surface area contributed by atoms with Gasteiger partial charge in [0.25, 0.3) is 5.91 Å². The third-order valence-electron chi connectivity index (χ3n) is 3.80. The van der Waals surface area contributed by atoms with Crippen LogP contribution >= 0.6 is 0 Å². The number of hydrogen-bond acceptors (Lipinski definition) is 4. The third kappa shape index (κ3) is 3.06. The summed E-state index contributed by atoms with van der Waals surface area (Å²) >= 11 is 0. The van der Waals surface area contributed by atoms with Crippen molar-refractivity contribution in [1.82, 2.24) is 0 Å². The molecule has 0 fully saturated rings. The van der Waals surface area contributed by atoms with E-state index in [0.717, 1.165) is 29.2 Å². The van der Waals surface area contributed by atoms with Gasteiger partial charge in [-0.15, -0.1) is 0 Å². The standard InChI is InChI=1S/C19H20N4O/c1-4-20-15-10-11-17(13(2)12-15)21-18-14(3)22-23(19(18)24)16-8-6-5-7-9-16/h5-12,20H,4H2,1-3H3. The Morgan fingerprint density at radius 3 is 2.54 bits per heavy atom. The summed E-state index contributed by atoms with van der Waals surface area (Å²) in [5.74, 6) is -0.200. The lowest BCUT2D eigenvalue weighted by Gasteiger charge is -2.11. The van der Waals surface area contributed by atoms with E-state index in [1.54, 1.807) is 0 Å². The highest BCUT2D eigenvalue weighted by Crippen LogP contribution is 2.25. The predicted octanol–water partition coefficient (Wildman–Crippen LogP) is 3.92. The van der Waals surface area contributed by atoms with E-state index in [-0.39, 0.29) is 5.91 Å². The van der Waals surface area contributed by atoms with E-state index in [9.17, 15) is 4.79 Å². The minimum Gasteiger partial charge on any atom is -0.385 e. The number of rotatable bonds is 4. The fourth-order valence-electron chi connectivity index (χ4n) is 2.59. The molecule has 1 N–H and O–H groups in total. The van der Waals surface area contributed by atoms with Crippen LogP contribution in [-0.4, -0.2) is 23.9 Å². The summed E-state index contributed by atoms with van der Waals surface area (Å²) in [7, 11) is 0. The number of anilines is 2. The van der Waals surface area contributed by atoms with Crippen LogP contribution in [0, 0.1) is 6.92 Å². The van der Waals surface area contributed by atoms with Crippen LogP contribution < -0.4 is 10.3 Å². The average Bonchev–Trinajstić information content (AvgIpc) is 2.86. The second-order valence-corrected chi connectivity index (χ2v) is 5.63. The van der Waals surface area contributed by atoms with Crippen molar-refractivity contribution in [3.63, 3.8) is 0 Å². The molecule has 5 nitrogen and oxygen atoms in total. The maximum Gasteiger partial charge on any atom is 0.299 e. The van der Waals surface area contributed by atoms with Crippen LogP contribution in [0.25, 0.3) is 0 Å². The highest BCUT2D eigenvalue weighted by molar-refractivity contribution is 6.71. The molecule has 1 amide bonds. The zero-order chi connectivity index (χ0) is 17.1. The molecule has 24 heavy (non-hydrogen) atoms. The number of carbonyl (C=O) groups is 1. The van der Waals surface area contributed by atoms with Crippen molar-refractivity contribution in [3.05, 3.63) is 54.1 Å². The summed E-state index contributed by atoms with van der Waals surface area (Å²) in [5.41, 5.74) is 4.60. The van der Waals surface area contributed by atoms with E-state index in [4.69, 9.17) is 0 Å². The molecule has 1 heterocycles. The van der Waals surface area contributed by atoms with Crippen LogP contribution in [-0.2, 0) is 4.79 Å². The number of hydrazone groups is 1. The lowest BCUT2D eigenvalue weighted by Crippen LogP contribution is -2.27. The molecule has 3 rings (SSSR count). The maximum atomic E-state index is 12.7. The Labute approximate surface area is 141 Å². The molecule has 0 atom stereocenters. The number of carbonyl (C=O) groups excluding carboxylic acids is 1. The number of amides is 1. The summed E-state index contributed by atoms with van der Waals surface area (Å²) < 4.78 is 0. The second kappa shape index (κ2) is 6.66. The number of nitrogens with one attached hydrogen (secondary N) is 1. The number of aliphatic imine (C=N–C) groups is 1. The monoisotopic (exact) mass is 320 g/mol. The molecule has 2 aromatic rings. The van der Waals surface area contributed by atoms with Gasteiger partial charge in [-0.2, -0.15) is 10.1 Å². The molecular formula is C19H20N4O. The first kappa shape index (κ1) is 15.9. The topological polar surface area (TPSA) is 57.1 Å². The minimum absolute atomic E-state index is 0.200. The van der Waals surface area contributed by atoms with Crippen LogP contribution in [0.2, 0.25) is 0 Å². The summed E-state index contributed by atoms with van der Waals surface area (Å²) in [6.07, 6.45) is 0. The Hall–Kier alpha value is -2.95. The first-order valence-corrected chi connectivity index (χ1v) is 7.98. The van der Waals surface area contributed by atoms with Gasteiger partial charge in [0.15, 0.2) is 5.71 Å². The van der Waals surface area contributed by atoms with Gasteiger partial charge in [0.1, 0.15) is 0 Å². The number of benzene rings is 2. The molecule has 5 heteroatoms. The van der Waals surface area contributed by atoms with Crippen LogP contribution in [0.1, 0.15) is 19.4 Å². The largest absolute Gasteiger partial charge is 0.385 e. The summed E-state index contributed by atoms with van der Waals surface area (Å²) in [6, 6.07) is 15.3. The van der Waals surface area contributed by atoms with Crippen LogP contribution in [0.4, 0.5) is 17.1 Å². The number of aryl methyl sites for hydroxylation is 1. The van der Waals surface area contributed by atoms with Crippen molar-refractivity contribution >= 4 is 34.4 Å². The van der Waals surface area contributed by atoms with Crippen LogP contribution in [0.3, 0.4) is 0 Å². The first-order chi connectivity index (χ1) is 11.6. The van der Waals surface area contributed by atoms with Gasteiger partial charge in [0.2, 0.25) is 0 Å². The summed E-state index contributed by atoms with van der Waals surface area (Å²) in [6.45, 7) is 6.71. The molecular weight excluding hydrogens is 300 g/mol. The highest BCUT2D eigenvalue weighted by Gasteiger charge is 2.30. The fourth-order valence-corrected chi connectivity index (χ4v) is 2.59. The lowest BCUT2D eigenvalue weighted by atomic mass is 10.1. The van der Waals surface area contributed by atoms with Gasteiger partial charge < -0.3 is 5.32 Å². The highest BCUT2D eigenvalue weighted by atomic mass is 16.2. The molecule has 0 unspecified atom stereocenters. The normalized spacial score (nSPS) is 15.8. The van der Waals surface area contributed by atoms with Crippen molar-refractivity contribution in [3.8, 4) is 0 Å². The quantitative estimate of drug-likeness (QED) is 0.928. The fraction of sp³-hybridized carbons (Fsp3) is 0.211. The predicted molar refractivity (Wildman–Crippen MR) is 99.5 cm³/mol. The van der Waals surface area contributed by atoms with E-state index in [2.05, 4.69) is 22.3 Å². The SMILES string of the molecule is CCNc1ccc(N=C2C(=O)N(c3ccccc3)N=C2C)c(C)c1. The van der Waals surface area contributed by atoms with Gasteiger partial charge in [-0.1, -0.05) is 18.2 Å². The van der Waals surface area contributed by atoms with Gasteiger partial charge >= 0.3 is 0 Å². The number of hydrogen-bond donors (Lipinski definition) is 1. The third-order valence-corrected chi connectivity index (χ3v) is 3.80. The molecule has 0 saturated heterocycles. The average molecular weight is 320 g/mol. The zero-order valence-corrected chi connectivity index (χ0v) is 14.1. The summed E-state index contributed by atoms with van der Waals surface area (Å²) in [5, 5.41) is 9.02. The molecule has 0 saturated carbocycles. The molecule has 1 aliphatic rings. The van der Waals surface area contributed by atoms with Crippen molar-refractivity contribution in [2.45, 2.75) is 20.8 Å². The van der Waals surface area contributed by atoms with Crippen molar-refractivity contribution in [2.24, 2.45) is 10.1 Å². The van der Waals surface area contributed by atoms with Gasteiger partial charge in [-0.25, -0.2) is 4.99 Å². The number of nitrogens with zero attached hydrogens (tertiary/aromatic N) is 3. The van der Waals surface area contributed by atoms with Crippen LogP contribution in [0.5, 0.6) is 0 Å². The number of para-hydroxylation sites is 1. The summed E-state index contributed by atoms with van der Waals surface area (Å²) in [4.78, 5) is 17.2. The van der Waals surface area contributed by atoms with E-state index in [0.29, 0.717) is 11.4 Å². The molecule has 1 aliphatic heterocycles. The zero-order valence-electron chi connectivity index (χ0n) is 14.1. The second-order valence-electron chi connectivity index (χ2n) is 5.63. The van der Waals surface area contributed by atoms with E-state index in [1.165, 1.54) is 5.01 Å². The lowest BCUT2D eigenvalue weighted by molar-refractivity contribution is -0.112. The molecule has 122 valence electrons. The maximum absolute atomic E-state index is 12.7. The van der Waals surface area contributed by atoms with Gasteiger partial charge in [0, 0.05) is 12.2 Å². The Balaban J connectivity index is 1.91. The molecule has 0 aliphatic carbocycles. The Bertz CT molecular complexity index is 825. The molecule has 0 bridgehead atoms. The van der Waals surface area contributed by atoms with Crippen molar-refractivity contribution < 1.29 is 4.79 Å².